The van der Waals surface area contributed by atoms with Crippen molar-refractivity contribution in [2.24, 2.45) is 0 Å². The van der Waals surface area contributed by atoms with Gasteiger partial charge in [0.2, 0.25) is 0 Å². The van der Waals surface area contributed by atoms with Crippen LogP contribution in [0.15, 0.2) is 36.4 Å². The number of rotatable bonds is 2. The van der Waals surface area contributed by atoms with Crippen LogP contribution in [0.3, 0.4) is 0 Å². The molecular weight excluding hydrogens is 312 g/mol. The van der Waals surface area contributed by atoms with Crippen molar-refractivity contribution in [3.05, 3.63) is 57.3 Å². The van der Waals surface area contributed by atoms with Gasteiger partial charge >= 0.3 is 0 Å². The maximum Gasteiger partial charge on any atom is 0.0738 e. The molecule has 0 nitrogen and oxygen atoms in total. The van der Waals surface area contributed by atoms with Gasteiger partial charge in [0.15, 0.2) is 0 Å². The Morgan fingerprint density at radius 1 is 1.18 bits per heavy atom. The number of alkyl halides is 1. The number of fused-ring (bicyclic) bond motifs is 1. The van der Waals surface area contributed by atoms with Crippen LogP contribution < -0.4 is 0 Å². The number of hydrogen-bond donors (Lipinski definition) is 0. The molecule has 0 spiro atoms. The van der Waals surface area contributed by atoms with Crippen LogP contribution in [-0.2, 0) is 12.2 Å². The minimum Gasteiger partial charge on any atom is -0.157 e. The van der Waals surface area contributed by atoms with Crippen LogP contribution in [-0.4, -0.2) is 5.75 Å². The third kappa shape index (κ3) is 2.47. The maximum absolute atomic E-state index is 3.82. The zero-order valence-electron chi connectivity index (χ0n) is 9.36. The lowest BCUT2D eigenvalue weighted by molar-refractivity contribution is 1.13. The highest BCUT2D eigenvalue weighted by Gasteiger charge is 2.18. The number of hydrogen-bond acceptors (Lipinski definition) is 2. The second-order valence-corrected chi connectivity index (χ2v) is 7.36. The zero-order chi connectivity index (χ0) is 11.7. The van der Waals surface area contributed by atoms with Gasteiger partial charge in [-0.1, -0.05) is 46.3 Å². The standard InChI is InChI=1S/C14H13BrS2/c15-14(10-4-2-1-3-5-10)13-8-11-9-16-7-6-12(11)17-13/h1-5,8,14H,6-7,9H2. The van der Waals surface area contributed by atoms with Crippen molar-refractivity contribution in [3.8, 4) is 0 Å². The normalized spacial score (nSPS) is 16.5. The van der Waals surface area contributed by atoms with E-state index in [4.69, 9.17) is 0 Å². The molecular formula is C14H13BrS2. The van der Waals surface area contributed by atoms with E-state index in [1.807, 2.05) is 23.1 Å². The Kier molecular flexibility index (Phi) is 3.59. The molecule has 0 radical (unpaired) electrons. The van der Waals surface area contributed by atoms with E-state index in [9.17, 15) is 0 Å². The Morgan fingerprint density at radius 2 is 2.00 bits per heavy atom. The van der Waals surface area contributed by atoms with Crippen molar-refractivity contribution in [3.63, 3.8) is 0 Å². The Morgan fingerprint density at radius 3 is 2.76 bits per heavy atom. The van der Waals surface area contributed by atoms with Crippen LogP contribution in [0, 0.1) is 0 Å². The number of aryl methyl sites for hydroxylation is 1. The lowest BCUT2D eigenvalue weighted by Gasteiger charge is -2.08. The quantitative estimate of drug-likeness (QED) is 0.699. The first-order valence-corrected chi connectivity index (χ1v) is 8.61. The molecule has 1 atom stereocenters. The molecule has 2 aromatic rings. The van der Waals surface area contributed by atoms with Gasteiger partial charge in [-0.2, -0.15) is 11.8 Å². The van der Waals surface area contributed by atoms with E-state index in [0.29, 0.717) is 4.83 Å². The predicted molar refractivity (Wildman–Crippen MR) is 81.4 cm³/mol. The van der Waals surface area contributed by atoms with Crippen molar-refractivity contribution >= 4 is 39.0 Å². The summed E-state index contributed by atoms with van der Waals surface area (Å²) in [5, 5.41) is 0. The third-order valence-corrected chi connectivity index (χ3v) is 6.62. The van der Waals surface area contributed by atoms with Crippen molar-refractivity contribution in [1.29, 1.82) is 0 Å². The van der Waals surface area contributed by atoms with Gasteiger partial charge in [0.25, 0.3) is 0 Å². The molecule has 17 heavy (non-hydrogen) atoms. The monoisotopic (exact) mass is 324 g/mol. The zero-order valence-corrected chi connectivity index (χ0v) is 12.6. The SMILES string of the molecule is BrC(c1ccccc1)c1cc2c(s1)CCSC2. The first-order valence-electron chi connectivity index (χ1n) is 5.73. The van der Waals surface area contributed by atoms with Crippen LogP contribution in [0.5, 0.6) is 0 Å². The lowest BCUT2D eigenvalue weighted by Crippen LogP contribution is -1.96. The number of thioether (sulfide) groups is 1. The fourth-order valence-electron chi connectivity index (χ4n) is 2.08. The second-order valence-electron chi connectivity index (χ2n) is 4.17. The van der Waals surface area contributed by atoms with Gasteiger partial charge in [0.05, 0.1) is 4.83 Å². The van der Waals surface area contributed by atoms with Gasteiger partial charge in [0.1, 0.15) is 0 Å². The molecule has 0 N–H and O–H groups in total. The summed E-state index contributed by atoms with van der Waals surface area (Å²) in [7, 11) is 0. The average molecular weight is 325 g/mol. The summed E-state index contributed by atoms with van der Waals surface area (Å²) in [4.78, 5) is 3.40. The fourth-order valence-corrected chi connectivity index (χ4v) is 5.18. The molecule has 3 heteroatoms. The average Bonchev–Trinajstić information content (AvgIpc) is 2.82. The minimum absolute atomic E-state index is 0.351. The van der Waals surface area contributed by atoms with Crippen LogP contribution in [0.2, 0.25) is 0 Å². The molecule has 1 aromatic heterocycles. The first kappa shape index (κ1) is 11.8. The predicted octanol–water partition coefficient (Wildman–Crippen LogP) is 5.02. The third-order valence-electron chi connectivity index (χ3n) is 2.99. The largest absolute Gasteiger partial charge is 0.157 e. The maximum atomic E-state index is 3.82. The van der Waals surface area contributed by atoms with E-state index in [-0.39, 0.29) is 0 Å². The smallest absolute Gasteiger partial charge is 0.0738 e. The molecule has 1 aliphatic rings. The van der Waals surface area contributed by atoms with Crippen LogP contribution in [0.4, 0.5) is 0 Å². The number of thiophene rings is 1. The van der Waals surface area contributed by atoms with E-state index in [1.165, 1.54) is 28.4 Å². The van der Waals surface area contributed by atoms with Crippen molar-refractivity contribution in [2.75, 3.05) is 5.75 Å². The molecule has 88 valence electrons. The highest BCUT2D eigenvalue weighted by molar-refractivity contribution is 9.09. The minimum atomic E-state index is 0.351. The molecule has 0 fully saturated rings. The Bertz CT molecular complexity index is 481. The summed E-state index contributed by atoms with van der Waals surface area (Å²) in [6.45, 7) is 0. The van der Waals surface area contributed by atoms with E-state index in [0.717, 1.165) is 0 Å². The second kappa shape index (κ2) is 5.17. The molecule has 0 saturated heterocycles. The van der Waals surface area contributed by atoms with Gasteiger partial charge in [-0.25, -0.2) is 0 Å². The van der Waals surface area contributed by atoms with E-state index in [1.54, 1.807) is 10.4 Å². The molecule has 0 saturated carbocycles. The summed E-state index contributed by atoms with van der Waals surface area (Å²) in [5.74, 6) is 2.48. The molecule has 2 heterocycles. The van der Waals surface area contributed by atoms with Crippen molar-refractivity contribution < 1.29 is 0 Å². The highest BCUT2D eigenvalue weighted by Crippen LogP contribution is 2.40. The molecule has 0 aliphatic carbocycles. The Balaban J connectivity index is 1.91. The van der Waals surface area contributed by atoms with E-state index >= 15 is 0 Å². The van der Waals surface area contributed by atoms with Crippen LogP contribution in [0.25, 0.3) is 0 Å². The molecule has 0 bridgehead atoms. The summed E-state index contributed by atoms with van der Waals surface area (Å²) in [6, 6.07) is 13.0. The lowest BCUT2D eigenvalue weighted by atomic mass is 10.1. The Labute approximate surface area is 119 Å². The molecule has 0 amide bonds. The topological polar surface area (TPSA) is 0 Å². The molecule has 1 aliphatic heterocycles. The number of benzene rings is 1. The van der Waals surface area contributed by atoms with Crippen LogP contribution >= 0.6 is 39.0 Å². The molecule has 1 unspecified atom stereocenters. The Hall–Kier alpha value is -0.250. The van der Waals surface area contributed by atoms with Crippen molar-refractivity contribution in [1.82, 2.24) is 0 Å². The summed E-state index contributed by atoms with van der Waals surface area (Å²) >= 11 is 7.85. The molecule has 3 rings (SSSR count). The summed E-state index contributed by atoms with van der Waals surface area (Å²) in [5.41, 5.74) is 2.90. The van der Waals surface area contributed by atoms with Gasteiger partial charge in [-0.3, -0.25) is 0 Å². The van der Waals surface area contributed by atoms with E-state index < -0.39 is 0 Å². The van der Waals surface area contributed by atoms with Crippen LogP contribution in [0.1, 0.15) is 25.7 Å². The molecule has 1 aromatic carbocycles. The van der Waals surface area contributed by atoms with Gasteiger partial charge in [-0.05, 0) is 29.4 Å². The highest BCUT2D eigenvalue weighted by atomic mass is 79.9. The first-order chi connectivity index (χ1) is 8.34. The van der Waals surface area contributed by atoms with Gasteiger partial charge < -0.3 is 0 Å². The van der Waals surface area contributed by atoms with E-state index in [2.05, 4.69) is 52.3 Å². The summed E-state index contributed by atoms with van der Waals surface area (Å²) in [6.07, 6.45) is 1.25. The summed E-state index contributed by atoms with van der Waals surface area (Å²) < 4.78 is 0. The van der Waals surface area contributed by atoms with Gasteiger partial charge in [0, 0.05) is 15.5 Å². The van der Waals surface area contributed by atoms with Gasteiger partial charge in [-0.15, -0.1) is 11.3 Å². The van der Waals surface area contributed by atoms with Crippen molar-refractivity contribution in [2.45, 2.75) is 17.0 Å². The fraction of sp³-hybridized carbons (Fsp3) is 0.286. The number of halogens is 1.